The first-order valence-electron chi connectivity index (χ1n) is 5.01. The highest BCUT2D eigenvalue weighted by Gasteiger charge is 2.29. The van der Waals surface area contributed by atoms with Gasteiger partial charge in [-0.25, -0.2) is 4.39 Å². The van der Waals surface area contributed by atoms with E-state index in [4.69, 9.17) is 4.74 Å². The van der Waals surface area contributed by atoms with E-state index in [0.717, 1.165) is 0 Å². The minimum absolute atomic E-state index is 0.180. The van der Waals surface area contributed by atoms with Crippen molar-refractivity contribution in [2.24, 2.45) is 0 Å². The molecule has 6 heteroatoms. The summed E-state index contributed by atoms with van der Waals surface area (Å²) in [5.41, 5.74) is 0.378. The van der Waals surface area contributed by atoms with E-state index < -0.39 is 24.7 Å². The Bertz CT molecular complexity index is 354. The molecular weight excluding hydrogens is 238 g/mol. The zero-order valence-corrected chi connectivity index (χ0v) is 9.22. The van der Waals surface area contributed by atoms with Crippen molar-refractivity contribution in [1.29, 1.82) is 0 Å². The maximum Gasteiger partial charge on any atom is 0.411 e. The molecule has 0 bridgehead atoms. The Morgan fingerprint density at radius 3 is 2.59 bits per heavy atom. The van der Waals surface area contributed by atoms with Crippen molar-refractivity contribution in [3.63, 3.8) is 0 Å². The van der Waals surface area contributed by atoms with Crippen molar-refractivity contribution in [2.75, 3.05) is 20.2 Å². The Morgan fingerprint density at radius 1 is 1.35 bits per heavy atom. The minimum Gasteiger partial charge on any atom is -0.363 e. The Hall–Kier alpha value is -1.14. The van der Waals surface area contributed by atoms with Gasteiger partial charge in [0.25, 0.3) is 0 Å². The maximum atomic E-state index is 12.9. The average molecular weight is 251 g/mol. The van der Waals surface area contributed by atoms with Crippen LogP contribution in [0.5, 0.6) is 0 Å². The molecule has 0 aliphatic rings. The van der Waals surface area contributed by atoms with E-state index in [2.05, 4.69) is 5.32 Å². The molecule has 1 aromatic carbocycles. The fourth-order valence-corrected chi connectivity index (χ4v) is 1.36. The topological polar surface area (TPSA) is 21.3 Å². The van der Waals surface area contributed by atoms with E-state index in [9.17, 15) is 17.6 Å². The molecule has 0 amide bonds. The number of nitrogens with one attached hydrogen (secondary N) is 1. The van der Waals surface area contributed by atoms with Crippen molar-refractivity contribution < 1.29 is 22.3 Å². The molecule has 0 aliphatic carbocycles. The van der Waals surface area contributed by atoms with Crippen LogP contribution < -0.4 is 5.32 Å². The fourth-order valence-electron chi connectivity index (χ4n) is 1.36. The van der Waals surface area contributed by atoms with Crippen LogP contribution in [-0.2, 0) is 4.74 Å². The van der Waals surface area contributed by atoms with Crippen LogP contribution in [0.15, 0.2) is 24.3 Å². The number of halogens is 4. The average Bonchev–Trinajstić information content (AvgIpc) is 2.23. The molecule has 1 rings (SSSR count). The zero-order valence-electron chi connectivity index (χ0n) is 9.22. The Kier molecular flexibility index (Phi) is 4.89. The first-order valence-corrected chi connectivity index (χ1v) is 5.01. The summed E-state index contributed by atoms with van der Waals surface area (Å²) >= 11 is 0. The molecule has 1 atom stereocenters. The quantitative estimate of drug-likeness (QED) is 0.812. The smallest absolute Gasteiger partial charge is 0.363 e. The Labute approximate surface area is 96.6 Å². The van der Waals surface area contributed by atoms with Crippen molar-refractivity contribution in [3.8, 4) is 0 Å². The van der Waals surface area contributed by atoms with Crippen LogP contribution in [-0.4, -0.2) is 26.4 Å². The lowest BCUT2D eigenvalue weighted by Gasteiger charge is -2.19. The van der Waals surface area contributed by atoms with E-state index in [0.29, 0.717) is 5.56 Å². The monoisotopic (exact) mass is 251 g/mol. The molecule has 0 radical (unpaired) electrons. The standard InChI is InChI=1S/C11H13F4NO/c1-16-6-10(17-7-11(13,14)15)8-3-2-4-9(12)5-8/h2-5,10,16H,6-7H2,1H3. The van der Waals surface area contributed by atoms with Gasteiger partial charge in [0.2, 0.25) is 0 Å². The highest BCUT2D eigenvalue weighted by molar-refractivity contribution is 5.19. The highest BCUT2D eigenvalue weighted by atomic mass is 19.4. The summed E-state index contributed by atoms with van der Waals surface area (Å²) < 4.78 is 53.8. The third-order valence-corrected chi connectivity index (χ3v) is 2.06. The third-order valence-electron chi connectivity index (χ3n) is 2.06. The summed E-state index contributed by atoms with van der Waals surface area (Å²) in [5, 5.41) is 2.71. The maximum absolute atomic E-state index is 12.9. The van der Waals surface area contributed by atoms with Crippen LogP contribution in [0.25, 0.3) is 0 Å². The van der Waals surface area contributed by atoms with E-state index in [-0.39, 0.29) is 6.54 Å². The van der Waals surface area contributed by atoms with Gasteiger partial charge < -0.3 is 10.1 Å². The first kappa shape index (κ1) is 13.9. The molecule has 1 N–H and O–H groups in total. The summed E-state index contributed by atoms with van der Waals surface area (Å²) in [6, 6.07) is 5.35. The first-order chi connectivity index (χ1) is 7.92. The summed E-state index contributed by atoms with van der Waals surface area (Å²) in [6.07, 6.45) is -5.21. The molecule has 1 aromatic rings. The van der Waals surface area contributed by atoms with Gasteiger partial charge in [0, 0.05) is 6.54 Å². The van der Waals surface area contributed by atoms with Crippen molar-refractivity contribution in [1.82, 2.24) is 5.32 Å². The van der Waals surface area contributed by atoms with Gasteiger partial charge in [0.05, 0.1) is 6.10 Å². The Balaban J connectivity index is 2.71. The van der Waals surface area contributed by atoms with Crippen LogP contribution in [0.1, 0.15) is 11.7 Å². The number of ether oxygens (including phenoxy) is 1. The van der Waals surface area contributed by atoms with E-state index in [1.807, 2.05) is 0 Å². The number of hydrogen-bond acceptors (Lipinski definition) is 2. The van der Waals surface area contributed by atoms with Crippen LogP contribution in [0, 0.1) is 5.82 Å². The summed E-state index contributed by atoms with van der Waals surface area (Å²) in [5.74, 6) is -0.501. The normalized spacial score (nSPS) is 13.7. The lowest BCUT2D eigenvalue weighted by molar-refractivity contribution is -0.185. The Morgan fingerprint density at radius 2 is 2.06 bits per heavy atom. The highest BCUT2D eigenvalue weighted by Crippen LogP contribution is 2.22. The second-order valence-electron chi connectivity index (χ2n) is 3.53. The van der Waals surface area contributed by atoms with Gasteiger partial charge >= 0.3 is 6.18 Å². The van der Waals surface area contributed by atoms with E-state index in [1.165, 1.54) is 24.3 Å². The van der Waals surface area contributed by atoms with Gasteiger partial charge in [0.15, 0.2) is 0 Å². The van der Waals surface area contributed by atoms with E-state index in [1.54, 1.807) is 7.05 Å². The van der Waals surface area contributed by atoms with Crippen LogP contribution >= 0.6 is 0 Å². The zero-order chi connectivity index (χ0) is 12.9. The van der Waals surface area contributed by atoms with Gasteiger partial charge in [-0.2, -0.15) is 13.2 Å². The SMILES string of the molecule is CNCC(OCC(F)(F)F)c1cccc(F)c1. The molecule has 0 heterocycles. The minimum atomic E-state index is -4.39. The summed E-state index contributed by atoms with van der Waals surface area (Å²) in [4.78, 5) is 0. The molecule has 0 aromatic heterocycles. The van der Waals surface area contributed by atoms with E-state index >= 15 is 0 Å². The molecule has 0 fully saturated rings. The lowest BCUT2D eigenvalue weighted by atomic mass is 10.1. The molecule has 17 heavy (non-hydrogen) atoms. The van der Waals surface area contributed by atoms with Crippen LogP contribution in [0.3, 0.4) is 0 Å². The van der Waals surface area contributed by atoms with Gasteiger partial charge in [-0.3, -0.25) is 0 Å². The van der Waals surface area contributed by atoms with Crippen molar-refractivity contribution in [2.45, 2.75) is 12.3 Å². The molecule has 2 nitrogen and oxygen atoms in total. The number of alkyl halides is 3. The number of rotatable bonds is 5. The largest absolute Gasteiger partial charge is 0.411 e. The van der Waals surface area contributed by atoms with Crippen molar-refractivity contribution >= 4 is 0 Å². The van der Waals surface area contributed by atoms with Crippen molar-refractivity contribution in [3.05, 3.63) is 35.6 Å². The molecule has 0 aliphatic heterocycles. The second-order valence-corrected chi connectivity index (χ2v) is 3.53. The second kappa shape index (κ2) is 5.97. The molecule has 0 spiro atoms. The van der Waals surface area contributed by atoms with Gasteiger partial charge in [-0.05, 0) is 24.7 Å². The third kappa shape index (κ3) is 5.14. The summed E-state index contributed by atoms with van der Waals surface area (Å²) in [7, 11) is 1.59. The molecule has 0 saturated heterocycles. The fraction of sp³-hybridized carbons (Fsp3) is 0.455. The molecule has 96 valence electrons. The molecular formula is C11H13F4NO. The summed E-state index contributed by atoms with van der Waals surface area (Å²) in [6.45, 7) is -1.17. The predicted molar refractivity (Wildman–Crippen MR) is 55.1 cm³/mol. The molecule has 1 unspecified atom stereocenters. The lowest BCUT2D eigenvalue weighted by Crippen LogP contribution is -2.25. The number of benzene rings is 1. The van der Waals surface area contributed by atoms with Gasteiger partial charge in [-0.15, -0.1) is 0 Å². The number of hydrogen-bond donors (Lipinski definition) is 1. The predicted octanol–water partition coefficient (Wildman–Crippen LogP) is 2.67. The van der Waals surface area contributed by atoms with Crippen LogP contribution in [0.4, 0.5) is 17.6 Å². The van der Waals surface area contributed by atoms with Gasteiger partial charge in [0.1, 0.15) is 12.4 Å². The number of likely N-dealkylation sites (N-methyl/N-ethyl adjacent to an activating group) is 1. The van der Waals surface area contributed by atoms with Gasteiger partial charge in [-0.1, -0.05) is 12.1 Å². The van der Waals surface area contributed by atoms with Crippen LogP contribution in [0.2, 0.25) is 0 Å². The molecule has 0 saturated carbocycles.